The summed E-state index contributed by atoms with van der Waals surface area (Å²) >= 11 is 0. The predicted octanol–water partition coefficient (Wildman–Crippen LogP) is 1.10. The number of rotatable bonds is 5. The molecule has 3 heterocycles. The van der Waals surface area contributed by atoms with Gasteiger partial charge in [-0.3, -0.25) is 4.79 Å². The first-order valence-corrected chi connectivity index (χ1v) is 9.60. The second-order valence-electron chi connectivity index (χ2n) is 6.99. The third-order valence-corrected chi connectivity index (χ3v) is 4.95. The molecule has 0 saturated carbocycles. The number of allylic oxidation sites excluding steroid dienone is 1. The van der Waals surface area contributed by atoms with Crippen LogP contribution in [-0.2, 0) is 20.4 Å². The molecule has 3 unspecified atom stereocenters. The highest BCUT2D eigenvalue weighted by molar-refractivity contribution is 6.10. The molecule has 170 valence electrons. The van der Waals surface area contributed by atoms with Gasteiger partial charge in [0, 0.05) is 26.0 Å². The summed E-state index contributed by atoms with van der Waals surface area (Å²) in [6.07, 6.45) is 0.0738. The highest BCUT2D eigenvalue weighted by Gasteiger charge is 2.36. The summed E-state index contributed by atoms with van der Waals surface area (Å²) in [5, 5.41) is 17.2. The summed E-state index contributed by atoms with van der Waals surface area (Å²) in [7, 11) is 2.97. The van der Waals surface area contributed by atoms with Crippen molar-refractivity contribution in [3.05, 3.63) is 71.3 Å². The Hall–Kier alpha value is -3.35. The molecule has 0 aromatic heterocycles. The zero-order valence-corrected chi connectivity index (χ0v) is 17.1. The maximum Gasteiger partial charge on any atom is 0.417 e. The average Bonchev–Trinajstić information content (AvgIpc) is 3.21. The number of amides is 1. The van der Waals surface area contributed by atoms with E-state index < -0.39 is 36.4 Å². The Bertz CT molecular complexity index is 1020. The van der Waals surface area contributed by atoms with Crippen molar-refractivity contribution < 1.29 is 27.4 Å². The van der Waals surface area contributed by atoms with Crippen LogP contribution in [0.25, 0.3) is 0 Å². The zero-order valence-electron chi connectivity index (χ0n) is 17.1. The van der Waals surface area contributed by atoms with Gasteiger partial charge in [-0.15, -0.1) is 0 Å². The third kappa shape index (κ3) is 4.33. The van der Waals surface area contributed by atoms with Crippen LogP contribution in [0.15, 0.2) is 65.3 Å². The first kappa shape index (κ1) is 21.9. The lowest BCUT2D eigenvalue weighted by Gasteiger charge is -2.31. The molecule has 32 heavy (non-hydrogen) atoms. The van der Waals surface area contributed by atoms with Gasteiger partial charge in [0.05, 0.1) is 11.3 Å². The molecule has 4 rings (SSSR count). The highest BCUT2D eigenvalue weighted by atomic mass is 19.4. The summed E-state index contributed by atoms with van der Waals surface area (Å²) in [4.78, 5) is 12.9. The molecule has 0 bridgehead atoms. The SMILES string of the molecule is COC1C=C(NC(=O)C2=CNC3C=CC(c4ccccc4C(F)(F)F)=NN23)NC(OC)N1. The maximum atomic E-state index is 13.4. The summed E-state index contributed by atoms with van der Waals surface area (Å²) in [6.45, 7) is 0. The molecule has 0 spiro atoms. The van der Waals surface area contributed by atoms with Crippen molar-refractivity contribution in [1.82, 2.24) is 26.3 Å². The molecule has 1 aromatic rings. The zero-order chi connectivity index (χ0) is 22.9. The maximum absolute atomic E-state index is 13.4. The monoisotopic (exact) mass is 450 g/mol. The number of alkyl halides is 3. The molecule has 0 radical (unpaired) electrons. The van der Waals surface area contributed by atoms with Crippen molar-refractivity contribution in [3.8, 4) is 0 Å². The molecule has 12 heteroatoms. The minimum Gasteiger partial charge on any atom is -0.365 e. The van der Waals surface area contributed by atoms with Gasteiger partial charge >= 0.3 is 6.18 Å². The summed E-state index contributed by atoms with van der Waals surface area (Å²) in [5.41, 5.74) is -0.653. The molecular formula is C20H21F3N6O3. The van der Waals surface area contributed by atoms with Crippen molar-refractivity contribution >= 4 is 11.6 Å². The molecule has 0 saturated heterocycles. The minimum absolute atomic E-state index is 0.0741. The van der Waals surface area contributed by atoms with Crippen LogP contribution in [0.4, 0.5) is 13.2 Å². The Morgan fingerprint density at radius 3 is 2.72 bits per heavy atom. The van der Waals surface area contributed by atoms with E-state index in [1.54, 1.807) is 12.2 Å². The Labute approximate surface area is 181 Å². The molecule has 3 atom stereocenters. The standard InChI is InChI=1S/C20H21F3N6O3/c1-31-17-9-15(26-19(27-17)32-2)25-18(30)14-10-24-16-8-7-13(28-29(14)16)11-5-3-4-6-12(11)20(21,22)23/h3-10,16-17,19,24,26-27H,1-2H3,(H,25,30). The van der Waals surface area contributed by atoms with Gasteiger partial charge in [-0.05, 0) is 24.3 Å². The fourth-order valence-corrected chi connectivity index (χ4v) is 3.41. The third-order valence-electron chi connectivity index (χ3n) is 4.95. The van der Waals surface area contributed by atoms with E-state index in [1.807, 2.05) is 0 Å². The van der Waals surface area contributed by atoms with Gasteiger partial charge in [0.2, 0.25) is 0 Å². The van der Waals surface area contributed by atoms with Gasteiger partial charge < -0.3 is 25.4 Å². The number of methoxy groups -OCH3 is 2. The number of nitrogens with one attached hydrogen (secondary N) is 4. The van der Waals surface area contributed by atoms with Crippen molar-refractivity contribution in [1.29, 1.82) is 0 Å². The van der Waals surface area contributed by atoms with Crippen LogP contribution in [0, 0.1) is 0 Å². The average molecular weight is 450 g/mol. The smallest absolute Gasteiger partial charge is 0.365 e. The van der Waals surface area contributed by atoms with Crippen molar-refractivity contribution in [2.45, 2.75) is 24.9 Å². The van der Waals surface area contributed by atoms with E-state index in [9.17, 15) is 18.0 Å². The van der Waals surface area contributed by atoms with Crippen LogP contribution >= 0.6 is 0 Å². The lowest BCUT2D eigenvalue weighted by Crippen LogP contribution is -2.55. The molecule has 0 fully saturated rings. The number of hydrogen-bond donors (Lipinski definition) is 4. The van der Waals surface area contributed by atoms with Crippen LogP contribution in [0.2, 0.25) is 0 Å². The Kier molecular flexibility index (Phi) is 5.91. The van der Waals surface area contributed by atoms with E-state index in [0.717, 1.165) is 6.07 Å². The largest absolute Gasteiger partial charge is 0.417 e. The molecular weight excluding hydrogens is 429 g/mol. The van der Waals surface area contributed by atoms with Gasteiger partial charge in [-0.25, -0.2) is 10.3 Å². The number of fused-ring (bicyclic) bond motifs is 1. The molecule has 3 aliphatic rings. The molecule has 0 aliphatic carbocycles. The van der Waals surface area contributed by atoms with Gasteiger partial charge in [0.25, 0.3) is 5.91 Å². The number of carbonyl (C=O) groups is 1. The van der Waals surface area contributed by atoms with Crippen LogP contribution < -0.4 is 21.3 Å². The van der Waals surface area contributed by atoms with Crippen LogP contribution in [-0.4, -0.2) is 49.6 Å². The summed E-state index contributed by atoms with van der Waals surface area (Å²) < 4.78 is 50.7. The lowest BCUT2D eigenvalue weighted by atomic mass is 10.0. The van der Waals surface area contributed by atoms with Crippen molar-refractivity contribution in [2.75, 3.05) is 14.2 Å². The molecule has 4 N–H and O–H groups in total. The van der Waals surface area contributed by atoms with E-state index in [1.165, 1.54) is 49.7 Å². The van der Waals surface area contributed by atoms with Gasteiger partial charge in [0.1, 0.15) is 23.9 Å². The normalized spacial score (nSPS) is 24.6. The number of hydrazone groups is 1. The van der Waals surface area contributed by atoms with E-state index >= 15 is 0 Å². The van der Waals surface area contributed by atoms with Crippen molar-refractivity contribution in [3.63, 3.8) is 0 Å². The van der Waals surface area contributed by atoms with Gasteiger partial charge in [-0.2, -0.15) is 18.3 Å². The van der Waals surface area contributed by atoms with Crippen LogP contribution in [0.1, 0.15) is 11.1 Å². The number of benzene rings is 1. The van der Waals surface area contributed by atoms with Crippen molar-refractivity contribution in [2.24, 2.45) is 5.10 Å². The summed E-state index contributed by atoms with van der Waals surface area (Å²) in [5.74, 6) is -0.177. The quantitative estimate of drug-likeness (QED) is 0.533. The van der Waals surface area contributed by atoms with E-state index in [2.05, 4.69) is 26.4 Å². The van der Waals surface area contributed by atoms with E-state index in [-0.39, 0.29) is 17.0 Å². The number of hydrogen-bond acceptors (Lipinski definition) is 8. The molecule has 1 amide bonds. The van der Waals surface area contributed by atoms with E-state index in [0.29, 0.717) is 5.82 Å². The van der Waals surface area contributed by atoms with E-state index in [4.69, 9.17) is 9.47 Å². The topological polar surface area (TPSA) is 99.2 Å². The Morgan fingerprint density at radius 2 is 2.00 bits per heavy atom. The number of ether oxygens (including phenoxy) is 2. The van der Waals surface area contributed by atoms with Crippen LogP contribution in [0.3, 0.4) is 0 Å². The van der Waals surface area contributed by atoms with Crippen LogP contribution in [0.5, 0.6) is 0 Å². The lowest BCUT2D eigenvalue weighted by molar-refractivity contribution is -0.137. The minimum atomic E-state index is -4.54. The Balaban J connectivity index is 1.56. The number of carbonyl (C=O) groups excluding carboxylic acids is 1. The molecule has 9 nitrogen and oxygen atoms in total. The Morgan fingerprint density at radius 1 is 1.22 bits per heavy atom. The molecule has 1 aromatic carbocycles. The molecule has 3 aliphatic heterocycles. The second kappa shape index (κ2) is 8.65. The first-order valence-electron chi connectivity index (χ1n) is 9.60. The number of nitrogens with zero attached hydrogens (tertiary/aromatic N) is 2. The first-order chi connectivity index (χ1) is 15.3. The highest BCUT2D eigenvalue weighted by Crippen LogP contribution is 2.33. The fourth-order valence-electron chi connectivity index (χ4n) is 3.41. The van der Waals surface area contributed by atoms with Gasteiger partial charge in [-0.1, -0.05) is 18.2 Å². The van der Waals surface area contributed by atoms with Gasteiger partial charge in [0.15, 0.2) is 6.35 Å². The second-order valence-corrected chi connectivity index (χ2v) is 6.99. The number of halogens is 3. The predicted molar refractivity (Wildman–Crippen MR) is 108 cm³/mol. The fraction of sp³-hybridized carbons (Fsp3) is 0.300. The summed E-state index contributed by atoms with van der Waals surface area (Å²) in [6, 6.07) is 5.17.